The highest BCUT2D eigenvalue weighted by Gasteiger charge is 2.32. The van der Waals surface area contributed by atoms with Crippen molar-refractivity contribution in [1.29, 1.82) is 0 Å². The molecule has 0 aliphatic carbocycles. The average Bonchev–Trinajstić information content (AvgIpc) is 3.07. The maximum atomic E-state index is 12.8. The number of hydrogen-bond donors (Lipinski definition) is 0. The smallest absolute Gasteiger partial charge is 0.341 e. The first-order valence-corrected chi connectivity index (χ1v) is 10.6. The molecule has 0 saturated carbocycles. The summed E-state index contributed by atoms with van der Waals surface area (Å²) in [6.45, 7) is 2.95. The van der Waals surface area contributed by atoms with E-state index >= 15 is 0 Å². The molecule has 1 fully saturated rings. The number of aryl methyl sites for hydroxylation is 1. The number of alkyl halides is 2. The summed E-state index contributed by atoms with van der Waals surface area (Å²) in [7, 11) is -4.90. The van der Waals surface area contributed by atoms with Crippen LogP contribution in [0.3, 0.4) is 0 Å². The lowest BCUT2D eigenvalue weighted by Crippen LogP contribution is -2.34. The fraction of sp³-hybridized carbons (Fsp3) is 0.438. The van der Waals surface area contributed by atoms with Gasteiger partial charge < -0.3 is 4.90 Å². The van der Waals surface area contributed by atoms with Gasteiger partial charge in [0.15, 0.2) is 0 Å². The van der Waals surface area contributed by atoms with E-state index < -0.39 is 31.1 Å². The van der Waals surface area contributed by atoms with Crippen LogP contribution in [0, 0.1) is 17.0 Å². The number of nitro groups is 1. The summed E-state index contributed by atoms with van der Waals surface area (Å²) in [4.78, 5) is 16.2. The lowest BCUT2D eigenvalue weighted by Gasteiger charge is -2.33. The summed E-state index contributed by atoms with van der Waals surface area (Å²) in [5.74, 6) is -3.52. The molecule has 0 radical (unpaired) electrons. The molecule has 146 valence electrons. The van der Waals surface area contributed by atoms with Gasteiger partial charge in [0.2, 0.25) is 9.84 Å². The van der Waals surface area contributed by atoms with Gasteiger partial charge in [-0.1, -0.05) is 0 Å². The van der Waals surface area contributed by atoms with Crippen LogP contribution in [0.1, 0.15) is 29.5 Å². The van der Waals surface area contributed by atoms with Crippen LogP contribution in [0.15, 0.2) is 28.5 Å². The Balaban J connectivity index is 1.94. The first kappa shape index (κ1) is 19.6. The quantitative estimate of drug-likeness (QED) is 0.543. The Kier molecular flexibility index (Phi) is 5.43. The molecule has 1 aromatic carbocycles. The van der Waals surface area contributed by atoms with Crippen LogP contribution in [0.25, 0.3) is 0 Å². The molecule has 1 aromatic heterocycles. The van der Waals surface area contributed by atoms with Crippen LogP contribution in [0.2, 0.25) is 0 Å². The summed E-state index contributed by atoms with van der Waals surface area (Å²) in [6.07, 6.45) is 1.69. The highest BCUT2D eigenvalue weighted by molar-refractivity contribution is 7.91. The third-order valence-corrected chi connectivity index (χ3v) is 6.96. The number of anilines is 1. The predicted molar refractivity (Wildman–Crippen MR) is 97.3 cm³/mol. The van der Waals surface area contributed by atoms with Crippen molar-refractivity contribution in [1.82, 2.24) is 4.98 Å². The van der Waals surface area contributed by atoms with Gasteiger partial charge in [-0.25, -0.2) is 13.4 Å². The van der Waals surface area contributed by atoms with Crippen LogP contribution >= 0.6 is 11.3 Å². The maximum Gasteiger partial charge on any atom is 0.341 e. The van der Waals surface area contributed by atoms with Gasteiger partial charge in [0, 0.05) is 36.1 Å². The van der Waals surface area contributed by atoms with Crippen LogP contribution in [-0.2, 0) is 9.84 Å². The number of aromatic nitrogens is 1. The number of hydrogen-bond acceptors (Lipinski definition) is 7. The number of benzene rings is 1. The summed E-state index contributed by atoms with van der Waals surface area (Å²) in [5, 5.41) is 14.4. The number of thiazole rings is 1. The molecular formula is C16H17F2N3O4S2. The van der Waals surface area contributed by atoms with E-state index in [1.165, 1.54) is 17.4 Å². The molecule has 1 aliphatic heterocycles. The number of halogens is 2. The molecule has 0 bridgehead atoms. The van der Waals surface area contributed by atoms with Gasteiger partial charge in [0.1, 0.15) is 5.69 Å². The standard InChI is InChI=1S/C16H17F2N3O4S2/c1-10-9-26-15(19-10)11-3-2-6-20(8-11)13-5-4-12(7-14(13)21(22)23)27(24,25)16(17)18/h4-5,7,9,11,16H,2-3,6,8H2,1H3. The number of sulfone groups is 1. The van der Waals surface area contributed by atoms with Crippen molar-refractivity contribution in [3.8, 4) is 0 Å². The van der Waals surface area contributed by atoms with Gasteiger partial charge in [-0.3, -0.25) is 10.1 Å². The molecular weight excluding hydrogens is 400 g/mol. The van der Waals surface area contributed by atoms with E-state index in [1.807, 2.05) is 12.3 Å². The summed E-state index contributed by atoms with van der Waals surface area (Å²) in [6, 6.07) is 2.96. The van der Waals surface area contributed by atoms with E-state index in [2.05, 4.69) is 4.98 Å². The van der Waals surface area contributed by atoms with Gasteiger partial charge in [-0.15, -0.1) is 11.3 Å². The molecule has 0 N–H and O–H groups in total. The molecule has 1 atom stereocenters. The predicted octanol–water partition coefficient (Wildman–Crippen LogP) is 3.74. The fourth-order valence-electron chi connectivity index (χ4n) is 3.15. The van der Waals surface area contributed by atoms with Gasteiger partial charge in [0.05, 0.1) is 14.8 Å². The van der Waals surface area contributed by atoms with E-state index in [1.54, 1.807) is 4.90 Å². The minimum atomic E-state index is -4.90. The van der Waals surface area contributed by atoms with Crippen LogP contribution in [0.4, 0.5) is 20.2 Å². The molecule has 1 unspecified atom stereocenters. The first-order chi connectivity index (χ1) is 12.7. The van der Waals surface area contributed by atoms with E-state index in [9.17, 15) is 27.3 Å². The van der Waals surface area contributed by atoms with E-state index in [-0.39, 0.29) is 11.6 Å². The molecule has 0 amide bonds. The molecule has 7 nitrogen and oxygen atoms in total. The average molecular weight is 417 g/mol. The Labute approximate surface area is 158 Å². The van der Waals surface area contributed by atoms with Crippen molar-refractivity contribution in [2.24, 2.45) is 0 Å². The second kappa shape index (κ2) is 7.47. The number of nitro benzene ring substituents is 1. The Morgan fingerprint density at radius 3 is 2.74 bits per heavy atom. The Morgan fingerprint density at radius 2 is 2.15 bits per heavy atom. The molecule has 2 heterocycles. The molecule has 11 heteroatoms. The minimum absolute atomic E-state index is 0.113. The molecule has 27 heavy (non-hydrogen) atoms. The molecule has 1 saturated heterocycles. The first-order valence-electron chi connectivity index (χ1n) is 8.17. The second-order valence-corrected chi connectivity index (χ2v) is 9.13. The second-order valence-electron chi connectivity index (χ2n) is 6.33. The molecule has 1 aliphatic rings. The molecule has 3 rings (SSSR count). The third-order valence-electron chi connectivity index (χ3n) is 4.45. The number of nitrogens with zero attached hydrogens (tertiary/aromatic N) is 3. The maximum absolute atomic E-state index is 12.8. The van der Waals surface area contributed by atoms with E-state index in [0.717, 1.165) is 29.6 Å². The van der Waals surface area contributed by atoms with Gasteiger partial charge in [-0.05, 0) is 31.9 Å². The molecule has 0 spiro atoms. The zero-order valence-electron chi connectivity index (χ0n) is 14.3. The number of rotatable bonds is 5. The fourth-order valence-corrected chi connectivity index (χ4v) is 4.82. The topological polar surface area (TPSA) is 93.4 Å². The monoisotopic (exact) mass is 417 g/mol. The highest BCUT2D eigenvalue weighted by atomic mass is 32.2. The van der Waals surface area contributed by atoms with Gasteiger partial charge >= 0.3 is 5.76 Å². The summed E-state index contributed by atoms with van der Waals surface area (Å²) >= 11 is 1.54. The van der Waals surface area contributed by atoms with Gasteiger partial charge in [-0.2, -0.15) is 8.78 Å². The lowest BCUT2D eigenvalue weighted by molar-refractivity contribution is -0.384. The summed E-state index contributed by atoms with van der Waals surface area (Å²) < 4.78 is 48.8. The van der Waals surface area contributed by atoms with Crippen LogP contribution in [-0.4, -0.2) is 37.2 Å². The molecule has 2 aromatic rings. The van der Waals surface area contributed by atoms with Crippen molar-refractivity contribution in [3.05, 3.63) is 44.4 Å². The van der Waals surface area contributed by atoms with E-state index in [0.29, 0.717) is 19.2 Å². The van der Waals surface area contributed by atoms with E-state index in [4.69, 9.17) is 0 Å². The van der Waals surface area contributed by atoms with Crippen molar-refractivity contribution in [3.63, 3.8) is 0 Å². The summed E-state index contributed by atoms with van der Waals surface area (Å²) in [5.41, 5.74) is 0.651. The Morgan fingerprint density at radius 1 is 1.41 bits per heavy atom. The van der Waals surface area contributed by atoms with Crippen molar-refractivity contribution < 1.29 is 22.1 Å². The minimum Gasteiger partial charge on any atom is -0.365 e. The van der Waals surface area contributed by atoms with Crippen LogP contribution < -0.4 is 4.90 Å². The Hall–Kier alpha value is -2.14. The Bertz CT molecular complexity index is 962. The normalized spacial score (nSPS) is 18.1. The van der Waals surface area contributed by atoms with Crippen molar-refractivity contribution >= 4 is 32.5 Å². The number of piperidine rings is 1. The van der Waals surface area contributed by atoms with Crippen molar-refractivity contribution in [2.75, 3.05) is 18.0 Å². The highest BCUT2D eigenvalue weighted by Crippen LogP contribution is 2.37. The zero-order chi connectivity index (χ0) is 19.8. The lowest BCUT2D eigenvalue weighted by atomic mass is 9.98. The zero-order valence-corrected chi connectivity index (χ0v) is 16.0. The van der Waals surface area contributed by atoms with Gasteiger partial charge in [0.25, 0.3) is 5.69 Å². The largest absolute Gasteiger partial charge is 0.365 e. The third kappa shape index (κ3) is 3.93. The van der Waals surface area contributed by atoms with Crippen molar-refractivity contribution in [2.45, 2.75) is 36.3 Å². The SMILES string of the molecule is Cc1csc(C2CCCN(c3ccc(S(=O)(=O)C(F)F)cc3[N+](=O)[O-])C2)n1. The van der Waals surface area contributed by atoms with Crippen LogP contribution in [0.5, 0.6) is 0 Å².